The zero-order valence-corrected chi connectivity index (χ0v) is 23.7. The van der Waals surface area contributed by atoms with Crippen molar-refractivity contribution in [1.82, 2.24) is 9.66 Å². The molecular weight excluding hydrogens is 637 g/mol. The van der Waals surface area contributed by atoms with Crippen molar-refractivity contribution in [3.05, 3.63) is 122 Å². The Morgan fingerprint density at radius 2 is 1.76 bits per heavy atom. The van der Waals surface area contributed by atoms with Crippen LogP contribution >= 0.6 is 27.5 Å². The van der Waals surface area contributed by atoms with Crippen LogP contribution in [0.3, 0.4) is 0 Å². The normalized spacial score (nSPS) is 11.6. The van der Waals surface area contributed by atoms with E-state index in [0.717, 1.165) is 16.8 Å². The first kappa shape index (κ1) is 29.0. The summed E-state index contributed by atoms with van der Waals surface area (Å²) in [6, 6.07) is 23.0. The van der Waals surface area contributed by atoms with Gasteiger partial charge in [-0.1, -0.05) is 54.1 Å². The van der Waals surface area contributed by atoms with Crippen LogP contribution in [0, 0.1) is 0 Å². The highest BCUT2D eigenvalue weighted by Gasteiger charge is 2.31. The van der Waals surface area contributed by atoms with E-state index in [1.54, 1.807) is 54.6 Å². The zero-order chi connectivity index (χ0) is 29.9. The van der Waals surface area contributed by atoms with Crippen LogP contribution in [0.15, 0.2) is 105 Å². The number of carbonyl (C=O) groups excluding carboxylic acids is 1. The van der Waals surface area contributed by atoms with E-state index in [1.807, 2.05) is 6.07 Å². The van der Waals surface area contributed by atoms with Crippen molar-refractivity contribution >= 4 is 56.2 Å². The van der Waals surface area contributed by atoms with Crippen LogP contribution in [0.1, 0.15) is 11.1 Å². The molecule has 7 nitrogen and oxygen atoms in total. The minimum atomic E-state index is -4.59. The summed E-state index contributed by atoms with van der Waals surface area (Å²) in [5.41, 5.74) is -0.0409. The number of para-hydroxylation sites is 2. The average molecular weight is 656 g/mol. The Balaban J connectivity index is 1.46. The number of hydrogen-bond acceptors (Lipinski definition) is 5. The second kappa shape index (κ2) is 12.2. The summed E-state index contributed by atoms with van der Waals surface area (Å²) in [7, 11) is 0. The Kier molecular flexibility index (Phi) is 8.41. The van der Waals surface area contributed by atoms with Gasteiger partial charge in [-0.25, -0.2) is 4.98 Å². The molecule has 212 valence electrons. The number of nitrogens with zero attached hydrogens (tertiary/aromatic N) is 3. The van der Waals surface area contributed by atoms with Crippen LogP contribution in [0.2, 0.25) is 5.02 Å². The van der Waals surface area contributed by atoms with E-state index in [4.69, 9.17) is 16.3 Å². The first-order valence-corrected chi connectivity index (χ1v) is 13.5. The first-order chi connectivity index (χ1) is 20.1. The van der Waals surface area contributed by atoms with Gasteiger partial charge in [-0.05, 0) is 70.0 Å². The van der Waals surface area contributed by atoms with Crippen molar-refractivity contribution in [3.8, 4) is 17.1 Å². The molecule has 0 spiro atoms. The fraction of sp³-hybridized carbons (Fsp3) is 0.0667. The van der Waals surface area contributed by atoms with Gasteiger partial charge in [0, 0.05) is 11.3 Å². The van der Waals surface area contributed by atoms with Crippen molar-refractivity contribution in [2.24, 2.45) is 5.10 Å². The third kappa shape index (κ3) is 6.53. The second-order valence-electron chi connectivity index (χ2n) is 8.91. The predicted octanol–water partition coefficient (Wildman–Crippen LogP) is 7.40. The molecule has 4 aromatic carbocycles. The SMILES string of the molecule is O=C(COc1c(Cl)cc(C=Nn2c(-c3cccc(C(F)(F)F)c3)nc3ccccc3c2=O)cc1Br)Nc1ccccc1. The second-order valence-corrected chi connectivity index (χ2v) is 10.2. The van der Waals surface area contributed by atoms with Gasteiger partial charge in [0.1, 0.15) is 0 Å². The number of nitrogens with one attached hydrogen (secondary N) is 1. The van der Waals surface area contributed by atoms with Gasteiger partial charge in [0.05, 0.1) is 32.2 Å². The smallest absolute Gasteiger partial charge is 0.416 e. The first-order valence-electron chi connectivity index (χ1n) is 12.3. The number of amides is 1. The van der Waals surface area contributed by atoms with E-state index < -0.39 is 17.3 Å². The lowest BCUT2D eigenvalue weighted by Crippen LogP contribution is -2.20. The molecule has 1 amide bonds. The summed E-state index contributed by atoms with van der Waals surface area (Å²) in [6.45, 7) is -0.306. The maximum Gasteiger partial charge on any atom is 0.416 e. The van der Waals surface area contributed by atoms with Crippen molar-refractivity contribution in [2.45, 2.75) is 6.18 Å². The summed E-state index contributed by atoms with van der Waals surface area (Å²) in [5, 5.41) is 7.37. The molecule has 0 aliphatic rings. The van der Waals surface area contributed by atoms with Gasteiger partial charge in [-0.2, -0.15) is 22.9 Å². The van der Waals surface area contributed by atoms with Crippen LogP contribution in [-0.4, -0.2) is 28.4 Å². The Bertz CT molecular complexity index is 1860. The lowest BCUT2D eigenvalue weighted by Gasteiger charge is -2.12. The summed E-state index contributed by atoms with van der Waals surface area (Å²) in [5.74, 6) is -0.248. The molecule has 5 aromatic rings. The third-order valence-electron chi connectivity index (χ3n) is 5.95. The molecule has 1 N–H and O–H groups in total. The predicted molar refractivity (Wildman–Crippen MR) is 159 cm³/mol. The lowest BCUT2D eigenvalue weighted by atomic mass is 10.1. The van der Waals surface area contributed by atoms with Gasteiger partial charge in [-0.3, -0.25) is 9.59 Å². The fourth-order valence-electron chi connectivity index (χ4n) is 4.02. The highest BCUT2D eigenvalue weighted by atomic mass is 79.9. The molecule has 0 aliphatic carbocycles. The summed E-state index contributed by atoms with van der Waals surface area (Å²) >= 11 is 9.80. The average Bonchev–Trinajstić information content (AvgIpc) is 2.96. The van der Waals surface area contributed by atoms with E-state index in [2.05, 4.69) is 31.3 Å². The standard InChI is InChI=1S/C30H19BrClF3N4O3/c31-23-13-18(14-24(32)27(23)42-17-26(40)37-21-9-2-1-3-10-21)16-36-39-28(19-7-6-8-20(15-19)30(33,34)35)38-25-12-5-4-11-22(25)29(39)41/h1-16H,17H2,(H,37,40). The molecule has 0 radical (unpaired) electrons. The summed E-state index contributed by atoms with van der Waals surface area (Å²) < 4.78 is 47.2. The number of anilines is 1. The lowest BCUT2D eigenvalue weighted by molar-refractivity contribution is -0.137. The molecule has 12 heteroatoms. The number of aromatic nitrogens is 2. The van der Waals surface area contributed by atoms with E-state index in [0.29, 0.717) is 21.2 Å². The van der Waals surface area contributed by atoms with Crippen molar-refractivity contribution in [3.63, 3.8) is 0 Å². The summed E-state index contributed by atoms with van der Waals surface area (Å²) in [4.78, 5) is 30.1. The van der Waals surface area contributed by atoms with Crippen LogP contribution < -0.4 is 15.6 Å². The summed E-state index contributed by atoms with van der Waals surface area (Å²) in [6.07, 6.45) is -3.27. The van der Waals surface area contributed by atoms with Gasteiger partial charge in [0.2, 0.25) is 0 Å². The maximum absolute atomic E-state index is 13.4. The van der Waals surface area contributed by atoms with Crippen molar-refractivity contribution in [1.29, 1.82) is 0 Å². The van der Waals surface area contributed by atoms with Crippen LogP contribution in [0.5, 0.6) is 5.75 Å². The Morgan fingerprint density at radius 1 is 1.02 bits per heavy atom. The van der Waals surface area contributed by atoms with Crippen LogP contribution in [-0.2, 0) is 11.0 Å². The zero-order valence-electron chi connectivity index (χ0n) is 21.4. The highest BCUT2D eigenvalue weighted by molar-refractivity contribution is 9.10. The number of alkyl halides is 3. The van der Waals surface area contributed by atoms with Crippen LogP contribution in [0.4, 0.5) is 18.9 Å². The minimum Gasteiger partial charge on any atom is -0.481 e. The van der Waals surface area contributed by atoms with Gasteiger partial charge < -0.3 is 10.1 Å². The van der Waals surface area contributed by atoms with E-state index in [9.17, 15) is 22.8 Å². The molecule has 5 rings (SSSR count). The monoisotopic (exact) mass is 654 g/mol. The van der Waals surface area contributed by atoms with Gasteiger partial charge in [0.15, 0.2) is 18.2 Å². The topological polar surface area (TPSA) is 85.6 Å². The van der Waals surface area contributed by atoms with Gasteiger partial charge in [0.25, 0.3) is 11.5 Å². The largest absolute Gasteiger partial charge is 0.481 e. The Hall–Kier alpha value is -4.48. The van der Waals surface area contributed by atoms with E-state index in [1.165, 1.54) is 24.4 Å². The van der Waals surface area contributed by atoms with Crippen LogP contribution in [0.25, 0.3) is 22.3 Å². The fourth-order valence-corrected chi connectivity index (χ4v) is 5.01. The number of rotatable bonds is 7. The van der Waals surface area contributed by atoms with Gasteiger partial charge >= 0.3 is 6.18 Å². The maximum atomic E-state index is 13.4. The number of benzene rings is 4. The molecule has 0 saturated carbocycles. The van der Waals surface area contributed by atoms with E-state index in [-0.39, 0.29) is 40.1 Å². The molecule has 0 unspecified atom stereocenters. The minimum absolute atomic E-state index is 0.0570. The van der Waals surface area contributed by atoms with Crippen molar-refractivity contribution in [2.75, 3.05) is 11.9 Å². The molecule has 0 fully saturated rings. The number of ether oxygens (including phenoxy) is 1. The number of halogens is 5. The van der Waals surface area contributed by atoms with E-state index >= 15 is 0 Å². The molecule has 1 aromatic heterocycles. The Labute approximate surface area is 250 Å². The van der Waals surface area contributed by atoms with Crippen molar-refractivity contribution < 1.29 is 22.7 Å². The molecule has 0 atom stereocenters. The molecule has 42 heavy (non-hydrogen) atoms. The van der Waals surface area contributed by atoms with Gasteiger partial charge in [-0.15, -0.1) is 0 Å². The number of hydrogen-bond donors (Lipinski definition) is 1. The quantitative estimate of drug-likeness (QED) is 0.185. The molecular formula is C30H19BrClF3N4O3. The number of fused-ring (bicyclic) bond motifs is 1. The molecule has 1 heterocycles. The Morgan fingerprint density at radius 3 is 2.50 bits per heavy atom. The molecule has 0 aliphatic heterocycles. The third-order valence-corrected chi connectivity index (χ3v) is 6.82. The molecule has 0 saturated heterocycles. The highest BCUT2D eigenvalue weighted by Crippen LogP contribution is 2.35. The molecule has 0 bridgehead atoms. The number of carbonyl (C=O) groups is 1.